The summed E-state index contributed by atoms with van der Waals surface area (Å²) >= 11 is 1.47. The van der Waals surface area contributed by atoms with E-state index >= 15 is 0 Å². The van der Waals surface area contributed by atoms with E-state index in [1.807, 2.05) is 0 Å². The fraction of sp³-hybridized carbons (Fsp3) is 0.556. The summed E-state index contributed by atoms with van der Waals surface area (Å²) in [6.07, 6.45) is 1.51. The predicted molar refractivity (Wildman–Crippen MR) is 60.9 cm³/mol. The number of amides is 1. The molecule has 15 heavy (non-hydrogen) atoms. The lowest BCUT2D eigenvalue weighted by Crippen LogP contribution is -2.26. The topological polar surface area (TPSA) is 94.0 Å². The molecule has 0 atom stereocenters. The molecule has 6 heteroatoms. The lowest BCUT2D eigenvalue weighted by Gasteiger charge is -2.00. The van der Waals surface area contributed by atoms with Crippen LogP contribution in [0.2, 0.25) is 0 Å². The van der Waals surface area contributed by atoms with Crippen LogP contribution in [-0.2, 0) is 6.42 Å². The molecule has 0 aromatic carbocycles. The molecule has 1 rings (SSSR count). The van der Waals surface area contributed by atoms with Crippen LogP contribution in [0.5, 0.6) is 0 Å². The Morgan fingerprint density at radius 2 is 2.27 bits per heavy atom. The minimum Gasteiger partial charge on any atom is -0.351 e. The van der Waals surface area contributed by atoms with Gasteiger partial charge >= 0.3 is 0 Å². The normalized spacial score (nSPS) is 10.3. The average Bonchev–Trinajstić information content (AvgIpc) is 2.67. The molecule has 1 amide bonds. The first-order chi connectivity index (χ1) is 7.27. The number of aromatic nitrogens is 1. The largest absolute Gasteiger partial charge is 0.351 e. The van der Waals surface area contributed by atoms with Gasteiger partial charge in [0.2, 0.25) is 0 Å². The smallest absolute Gasteiger partial charge is 0.270 e. The third-order valence-corrected chi connectivity index (χ3v) is 2.72. The Morgan fingerprint density at radius 3 is 2.93 bits per heavy atom. The second-order valence-electron chi connectivity index (χ2n) is 3.06. The standard InChI is InChI=1S/C9H16N4OS/c10-3-1-5-12-9(14)7-6-15-8(13-7)2-4-11/h6H,1-5,10-11H2,(H,12,14). The van der Waals surface area contributed by atoms with Crippen LogP contribution in [0.25, 0.3) is 0 Å². The van der Waals surface area contributed by atoms with Crippen LogP contribution in [0.4, 0.5) is 0 Å². The fourth-order valence-electron chi connectivity index (χ4n) is 1.05. The Morgan fingerprint density at radius 1 is 1.47 bits per heavy atom. The van der Waals surface area contributed by atoms with E-state index in [2.05, 4.69) is 10.3 Å². The van der Waals surface area contributed by atoms with Crippen LogP contribution in [0, 0.1) is 0 Å². The van der Waals surface area contributed by atoms with Gasteiger partial charge in [0.25, 0.3) is 5.91 Å². The van der Waals surface area contributed by atoms with E-state index in [9.17, 15) is 4.79 Å². The molecule has 0 bridgehead atoms. The predicted octanol–water partition coefficient (Wildman–Crippen LogP) is -0.277. The van der Waals surface area contributed by atoms with E-state index in [1.165, 1.54) is 11.3 Å². The average molecular weight is 228 g/mol. The molecule has 5 N–H and O–H groups in total. The molecule has 0 saturated carbocycles. The first-order valence-electron chi connectivity index (χ1n) is 4.90. The van der Waals surface area contributed by atoms with E-state index in [0.717, 1.165) is 17.8 Å². The monoisotopic (exact) mass is 228 g/mol. The summed E-state index contributed by atoms with van der Waals surface area (Å²) in [4.78, 5) is 15.7. The summed E-state index contributed by atoms with van der Waals surface area (Å²) in [7, 11) is 0. The third kappa shape index (κ3) is 3.94. The number of nitrogens with one attached hydrogen (secondary N) is 1. The van der Waals surface area contributed by atoms with Crippen molar-refractivity contribution in [1.82, 2.24) is 10.3 Å². The van der Waals surface area contributed by atoms with Crippen molar-refractivity contribution in [3.05, 3.63) is 16.1 Å². The Hall–Kier alpha value is -0.980. The SMILES string of the molecule is NCCCNC(=O)c1csc(CCN)n1. The minimum atomic E-state index is -0.136. The molecular weight excluding hydrogens is 212 g/mol. The maximum Gasteiger partial charge on any atom is 0.270 e. The Balaban J connectivity index is 2.43. The second-order valence-corrected chi connectivity index (χ2v) is 4.01. The highest BCUT2D eigenvalue weighted by molar-refractivity contribution is 7.09. The molecule has 1 heterocycles. The maximum atomic E-state index is 11.5. The molecular formula is C9H16N4OS. The molecule has 0 aliphatic heterocycles. The van der Waals surface area contributed by atoms with Crippen molar-refractivity contribution in [3.63, 3.8) is 0 Å². The number of carbonyl (C=O) groups excluding carboxylic acids is 1. The Kier molecular flexibility index (Phi) is 5.23. The highest BCUT2D eigenvalue weighted by Gasteiger charge is 2.09. The number of hydrogen-bond donors (Lipinski definition) is 3. The van der Waals surface area contributed by atoms with Gasteiger partial charge in [0.05, 0.1) is 5.01 Å². The zero-order valence-corrected chi connectivity index (χ0v) is 9.35. The van der Waals surface area contributed by atoms with Crippen molar-refractivity contribution in [2.75, 3.05) is 19.6 Å². The molecule has 0 fully saturated rings. The summed E-state index contributed by atoms with van der Waals surface area (Å²) in [6.45, 7) is 1.73. The summed E-state index contributed by atoms with van der Waals surface area (Å²) in [5.74, 6) is -0.136. The third-order valence-electron chi connectivity index (χ3n) is 1.81. The number of carbonyl (C=O) groups is 1. The van der Waals surface area contributed by atoms with Crippen molar-refractivity contribution in [1.29, 1.82) is 0 Å². The van der Waals surface area contributed by atoms with Crippen LogP contribution in [0.15, 0.2) is 5.38 Å². The molecule has 0 aliphatic carbocycles. The van der Waals surface area contributed by atoms with Crippen molar-refractivity contribution < 1.29 is 4.79 Å². The molecule has 1 aromatic heterocycles. The number of thiazole rings is 1. The van der Waals surface area contributed by atoms with E-state index < -0.39 is 0 Å². The van der Waals surface area contributed by atoms with Crippen LogP contribution in [0.1, 0.15) is 21.9 Å². The van der Waals surface area contributed by atoms with Crippen LogP contribution >= 0.6 is 11.3 Å². The van der Waals surface area contributed by atoms with Gasteiger partial charge < -0.3 is 16.8 Å². The molecule has 84 valence electrons. The molecule has 0 saturated heterocycles. The lowest BCUT2D eigenvalue weighted by atomic mass is 10.4. The van der Waals surface area contributed by atoms with E-state index in [4.69, 9.17) is 11.5 Å². The first-order valence-corrected chi connectivity index (χ1v) is 5.78. The van der Waals surface area contributed by atoms with Gasteiger partial charge in [-0.05, 0) is 19.5 Å². The van der Waals surface area contributed by atoms with Gasteiger partial charge in [-0.1, -0.05) is 0 Å². The highest BCUT2D eigenvalue weighted by Crippen LogP contribution is 2.09. The van der Waals surface area contributed by atoms with E-state index in [0.29, 0.717) is 25.3 Å². The van der Waals surface area contributed by atoms with Crippen molar-refractivity contribution in [2.24, 2.45) is 11.5 Å². The van der Waals surface area contributed by atoms with Gasteiger partial charge in [-0.3, -0.25) is 4.79 Å². The van der Waals surface area contributed by atoms with Crippen molar-refractivity contribution in [3.8, 4) is 0 Å². The van der Waals surface area contributed by atoms with Gasteiger partial charge in [-0.25, -0.2) is 4.98 Å². The lowest BCUT2D eigenvalue weighted by molar-refractivity contribution is 0.0949. The number of nitrogens with two attached hydrogens (primary N) is 2. The molecule has 0 radical (unpaired) electrons. The molecule has 0 unspecified atom stereocenters. The van der Waals surface area contributed by atoms with Crippen LogP contribution in [0.3, 0.4) is 0 Å². The number of rotatable bonds is 6. The Labute approximate surface area is 92.9 Å². The Bertz CT molecular complexity index is 313. The zero-order valence-electron chi connectivity index (χ0n) is 8.53. The summed E-state index contributed by atoms with van der Waals surface area (Å²) in [5, 5.41) is 5.41. The number of nitrogens with zero attached hydrogens (tertiary/aromatic N) is 1. The zero-order chi connectivity index (χ0) is 11.1. The van der Waals surface area contributed by atoms with E-state index in [1.54, 1.807) is 5.38 Å². The quantitative estimate of drug-likeness (QED) is 0.584. The van der Waals surface area contributed by atoms with Gasteiger partial charge in [0.1, 0.15) is 5.69 Å². The van der Waals surface area contributed by atoms with Gasteiger partial charge in [0.15, 0.2) is 0 Å². The summed E-state index contributed by atoms with van der Waals surface area (Å²) in [6, 6.07) is 0. The van der Waals surface area contributed by atoms with Crippen molar-refractivity contribution in [2.45, 2.75) is 12.8 Å². The maximum absolute atomic E-state index is 11.5. The van der Waals surface area contributed by atoms with Gasteiger partial charge in [0, 0.05) is 18.3 Å². The highest BCUT2D eigenvalue weighted by atomic mass is 32.1. The van der Waals surface area contributed by atoms with Crippen molar-refractivity contribution >= 4 is 17.2 Å². The molecule has 0 aliphatic rings. The molecule has 0 spiro atoms. The van der Waals surface area contributed by atoms with Gasteiger partial charge in [-0.2, -0.15) is 0 Å². The van der Waals surface area contributed by atoms with Crippen LogP contribution < -0.4 is 16.8 Å². The summed E-state index contributed by atoms with van der Waals surface area (Å²) in [5.41, 5.74) is 11.2. The minimum absolute atomic E-state index is 0.136. The number of hydrogen-bond acceptors (Lipinski definition) is 5. The summed E-state index contributed by atoms with van der Waals surface area (Å²) < 4.78 is 0. The van der Waals surface area contributed by atoms with Gasteiger partial charge in [-0.15, -0.1) is 11.3 Å². The molecule has 1 aromatic rings. The molecule has 5 nitrogen and oxygen atoms in total. The first kappa shape index (κ1) is 12.1. The van der Waals surface area contributed by atoms with E-state index in [-0.39, 0.29) is 5.91 Å². The second kappa shape index (κ2) is 6.49. The fourth-order valence-corrected chi connectivity index (χ4v) is 1.84. The van der Waals surface area contributed by atoms with Crippen LogP contribution in [-0.4, -0.2) is 30.5 Å².